The van der Waals surface area contributed by atoms with Gasteiger partial charge in [-0.2, -0.15) is 0 Å². The van der Waals surface area contributed by atoms with Crippen molar-refractivity contribution in [1.82, 2.24) is 9.88 Å². The summed E-state index contributed by atoms with van der Waals surface area (Å²) in [5, 5.41) is 5.00. The molecule has 2 heterocycles. The zero-order valence-electron chi connectivity index (χ0n) is 20.2. The van der Waals surface area contributed by atoms with Gasteiger partial charge in [0.1, 0.15) is 6.10 Å². The van der Waals surface area contributed by atoms with Crippen LogP contribution < -0.4 is 14.8 Å². The van der Waals surface area contributed by atoms with Crippen molar-refractivity contribution in [2.75, 3.05) is 38.6 Å². The number of fused-ring (bicyclic) bond motifs is 2. The minimum absolute atomic E-state index is 0.271. The van der Waals surface area contributed by atoms with Crippen LogP contribution in [0.3, 0.4) is 0 Å². The number of hydrogen-bond donors (Lipinski definition) is 1. The average molecular weight is 450 g/mol. The van der Waals surface area contributed by atoms with Crippen LogP contribution in [0.25, 0.3) is 10.9 Å². The molecule has 0 amide bonds. The van der Waals surface area contributed by atoms with Crippen LogP contribution in [-0.2, 0) is 12.8 Å². The molecule has 2 atom stereocenters. The highest BCUT2D eigenvalue weighted by atomic mass is 16.5. The molecule has 0 bridgehead atoms. The quantitative estimate of drug-likeness (QED) is 0.569. The van der Waals surface area contributed by atoms with E-state index >= 15 is 0 Å². The molecular weight excluding hydrogens is 410 g/mol. The van der Waals surface area contributed by atoms with Gasteiger partial charge in [0, 0.05) is 41.8 Å². The van der Waals surface area contributed by atoms with Crippen LogP contribution in [0, 0.1) is 11.8 Å². The van der Waals surface area contributed by atoms with Crippen LogP contribution in [0.1, 0.15) is 69.0 Å². The number of likely N-dealkylation sites (tertiary alicyclic amines) is 1. The Morgan fingerprint density at radius 2 is 1.82 bits per heavy atom. The Bertz CT molecular complexity index is 997. The molecular formula is C28H39N3O2. The molecule has 2 saturated carbocycles. The molecule has 3 aliphatic carbocycles. The van der Waals surface area contributed by atoms with Crippen LogP contribution in [0.5, 0.6) is 11.5 Å². The molecule has 3 fully saturated rings. The summed E-state index contributed by atoms with van der Waals surface area (Å²) in [5.74, 6) is 3.18. The van der Waals surface area contributed by atoms with Crippen molar-refractivity contribution in [3.05, 3.63) is 23.4 Å². The van der Waals surface area contributed by atoms with Gasteiger partial charge in [0.2, 0.25) is 0 Å². The summed E-state index contributed by atoms with van der Waals surface area (Å²) < 4.78 is 12.6. The van der Waals surface area contributed by atoms with Crippen molar-refractivity contribution in [2.24, 2.45) is 11.8 Å². The summed E-state index contributed by atoms with van der Waals surface area (Å²) in [6.07, 6.45) is 14.1. The Hall–Kier alpha value is -2.01. The van der Waals surface area contributed by atoms with Crippen LogP contribution in [0.4, 0.5) is 5.69 Å². The highest BCUT2D eigenvalue weighted by Gasteiger charge is 2.31. The van der Waals surface area contributed by atoms with E-state index in [4.69, 9.17) is 14.5 Å². The molecule has 2 unspecified atom stereocenters. The predicted octanol–water partition coefficient (Wildman–Crippen LogP) is 5.59. The van der Waals surface area contributed by atoms with Gasteiger partial charge >= 0.3 is 0 Å². The first kappa shape index (κ1) is 21.5. The smallest absolute Gasteiger partial charge is 0.163 e. The first-order valence-electron chi connectivity index (χ1n) is 13.4. The molecule has 1 aromatic heterocycles. The summed E-state index contributed by atoms with van der Waals surface area (Å²) in [7, 11) is 1.77. The first-order valence-corrected chi connectivity index (χ1v) is 13.4. The van der Waals surface area contributed by atoms with Crippen molar-refractivity contribution in [2.45, 2.75) is 76.7 Å². The Morgan fingerprint density at radius 3 is 2.64 bits per heavy atom. The second-order valence-electron chi connectivity index (χ2n) is 10.8. The molecule has 33 heavy (non-hydrogen) atoms. The van der Waals surface area contributed by atoms with E-state index in [9.17, 15) is 0 Å². The fraction of sp³-hybridized carbons (Fsp3) is 0.679. The van der Waals surface area contributed by atoms with E-state index in [0.717, 1.165) is 48.7 Å². The summed E-state index contributed by atoms with van der Waals surface area (Å²) >= 11 is 0. The lowest BCUT2D eigenvalue weighted by Gasteiger charge is -2.34. The minimum atomic E-state index is 0.271. The van der Waals surface area contributed by atoms with Gasteiger partial charge in [0.05, 0.1) is 12.6 Å². The van der Waals surface area contributed by atoms with Gasteiger partial charge in [-0.1, -0.05) is 6.42 Å². The van der Waals surface area contributed by atoms with E-state index in [1.54, 1.807) is 7.11 Å². The number of nitrogens with one attached hydrogen (secondary N) is 1. The monoisotopic (exact) mass is 449 g/mol. The van der Waals surface area contributed by atoms with Crippen LogP contribution in [-0.4, -0.2) is 49.3 Å². The van der Waals surface area contributed by atoms with Crippen LogP contribution in [0.2, 0.25) is 0 Å². The molecule has 4 aliphatic rings. The minimum Gasteiger partial charge on any atom is -0.493 e. The number of aromatic nitrogens is 1. The van der Waals surface area contributed by atoms with Gasteiger partial charge in [-0.05, 0) is 94.8 Å². The third-order valence-corrected chi connectivity index (χ3v) is 8.37. The molecule has 5 heteroatoms. The van der Waals surface area contributed by atoms with Gasteiger partial charge in [-0.15, -0.1) is 0 Å². The normalized spacial score (nSPS) is 25.4. The van der Waals surface area contributed by atoms with Gasteiger partial charge < -0.3 is 19.7 Å². The average Bonchev–Trinajstić information content (AvgIpc) is 3.29. The van der Waals surface area contributed by atoms with Gasteiger partial charge in [-0.3, -0.25) is 4.98 Å². The lowest BCUT2D eigenvalue weighted by atomic mass is 9.86. The number of pyridine rings is 1. The van der Waals surface area contributed by atoms with E-state index < -0.39 is 0 Å². The molecule has 1 saturated heterocycles. The maximum atomic E-state index is 6.76. The molecule has 0 radical (unpaired) electrons. The third-order valence-electron chi connectivity index (χ3n) is 8.37. The van der Waals surface area contributed by atoms with Crippen LogP contribution >= 0.6 is 0 Å². The van der Waals surface area contributed by atoms with E-state index in [2.05, 4.69) is 22.3 Å². The Balaban J connectivity index is 1.30. The van der Waals surface area contributed by atoms with Crippen molar-refractivity contribution in [1.29, 1.82) is 0 Å². The topological polar surface area (TPSA) is 46.6 Å². The van der Waals surface area contributed by atoms with E-state index in [-0.39, 0.29) is 6.10 Å². The molecule has 1 aliphatic heterocycles. The molecule has 1 N–H and O–H groups in total. The fourth-order valence-corrected chi connectivity index (χ4v) is 6.29. The van der Waals surface area contributed by atoms with Gasteiger partial charge in [0.25, 0.3) is 0 Å². The van der Waals surface area contributed by atoms with E-state index in [1.165, 1.54) is 93.3 Å². The summed E-state index contributed by atoms with van der Waals surface area (Å²) in [4.78, 5) is 7.75. The van der Waals surface area contributed by atoms with Gasteiger partial charge in [0.15, 0.2) is 11.5 Å². The molecule has 5 nitrogen and oxygen atoms in total. The maximum absolute atomic E-state index is 6.76. The molecule has 178 valence electrons. The number of nitrogens with zero attached hydrogens (tertiary/aromatic N) is 2. The fourth-order valence-electron chi connectivity index (χ4n) is 6.29. The Morgan fingerprint density at radius 1 is 0.970 bits per heavy atom. The van der Waals surface area contributed by atoms with Gasteiger partial charge in [-0.25, -0.2) is 0 Å². The lowest BCUT2D eigenvalue weighted by molar-refractivity contribution is 0.0686. The number of hydrogen-bond acceptors (Lipinski definition) is 5. The van der Waals surface area contributed by atoms with Crippen molar-refractivity contribution in [3.63, 3.8) is 0 Å². The van der Waals surface area contributed by atoms with Crippen molar-refractivity contribution in [3.8, 4) is 11.5 Å². The van der Waals surface area contributed by atoms with Crippen molar-refractivity contribution < 1.29 is 9.47 Å². The molecule has 0 spiro atoms. The Labute approximate surface area is 198 Å². The molecule has 1 aromatic carbocycles. The van der Waals surface area contributed by atoms with Crippen LogP contribution in [0.15, 0.2) is 12.1 Å². The number of benzene rings is 1. The summed E-state index contributed by atoms with van der Waals surface area (Å²) in [5.41, 5.74) is 5.06. The number of ether oxygens (including phenoxy) is 2. The third kappa shape index (κ3) is 4.53. The maximum Gasteiger partial charge on any atom is 0.163 e. The second-order valence-corrected chi connectivity index (χ2v) is 10.8. The largest absolute Gasteiger partial charge is 0.493 e. The SMILES string of the molecule is COc1cc2c(NCC3CC3)c3c(nc2cc1OC1CCCCC1CN1CCCC1)CCC3. The predicted molar refractivity (Wildman–Crippen MR) is 134 cm³/mol. The summed E-state index contributed by atoms with van der Waals surface area (Å²) in [6.45, 7) is 4.77. The lowest BCUT2D eigenvalue weighted by Crippen LogP contribution is -2.38. The number of rotatable bonds is 8. The number of methoxy groups -OCH3 is 1. The second kappa shape index (κ2) is 9.32. The van der Waals surface area contributed by atoms with E-state index in [0.29, 0.717) is 5.92 Å². The summed E-state index contributed by atoms with van der Waals surface area (Å²) in [6, 6.07) is 4.35. The molecule has 2 aromatic rings. The zero-order valence-corrected chi connectivity index (χ0v) is 20.2. The van der Waals surface area contributed by atoms with Crippen molar-refractivity contribution >= 4 is 16.6 Å². The highest BCUT2D eigenvalue weighted by molar-refractivity contribution is 5.96. The number of anilines is 1. The zero-order chi connectivity index (χ0) is 22.2. The highest BCUT2D eigenvalue weighted by Crippen LogP contribution is 2.42. The number of aryl methyl sites for hydroxylation is 1. The Kier molecular flexibility index (Phi) is 6.08. The molecule has 6 rings (SSSR count). The first-order chi connectivity index (χ1) is 16.3. The standard InChI is InChI=1S/C28H39N3O2/c1-32-26-15-22-24(30-23-9-6-8-21(23)28(22)29-17-19-11-12-19)16-27(26)33-25-10-3-2-7-20(25)18-31-13-4-5-14-31/h15-16,19-20,25H,2-14,17-18H2,1H3,(H,29,30). The van der Waals surface area contributed by atoms with E-state index in [1.807, 2.05) is 0 Å².